The molecule has 2 aromatic rings. The van der Waals surface area contributed by atoms with Crippen LogP contribution in [0.3, 0.4) is 0 Å². The molecule has 0 atom stereocenters. The van der Waals surface area contributed by atoms with Crippen LogP contribution in [0.5, 0.6) is 0 Å². The molecule has 0 bridgehead atoms. The fourth-order valence-electron chi connectivity index (χ4n) is 2.56. The molecular weight excluding hydrogens is 305 g/mol. The van der Waals surface area contributed by atoms with E-state index in [0.29, 0.717) is 31.1 Å². The molecule has 0 fully saturated rings. The molecule has 3 rings (SSSR count). The predicted molar refractivity (Wildman–Crippen MR) is 82.0 cm³/mol. The normalized spacial score (nSPS) is 13.6. The van der Waals surface area contributed by atoms with Crippen molar-refractivity contribution in [3.05, 3.63) is 64.2 Å². The van der Waals surface area contributed by atoms with Gasteiger partial charge in [0.05, 0.1) is 12.2 Å². The van der Waals surface area contributed by atoms with Crippen molar-refractivity contribution in [1.82, 2.24) is 15.2 Å². The minimum atomic E-state index is -0.375. The molecular formula is C16H15ClFN3O. The molecule has 1 aliphatic rings. The summed E-state index contributed by atoms with van der Waals surface area (Å²) in [5.74, 6) is -0.375. The van der Waals surface area contributed by atoms with E-state index in [2.05, 4.69) is 10.3 Å². The SMILES string of the molecule is O=C(NCc1ccccn1)N1CCc2c(Cl)cc(F)cc2C1. The molecule has 2 heterocycles. The van der Waals surface area contributed by atoms with Crippen LogP contribution in [0.2, 0.25) is 5.02 Å². The summed E-state index contributed by atoms with van der Waals surface area (Å²) < 4.78 is 13.4. The Morgan fingerprint density at radius 3 is 3.05 bits per heavy atom. The minimum Gasteiger partial charge on any atom is -0.332 e. The summed E-state index contributed by atoms with van der Waals surface area (Å²) >= 11 is 6.05. The second-order valence-corrected chi connectivity index (χ2v) is 5.58. The first-order valence-corrected chi connectivity index (χ1v) is 7.41. The number of hydrogen-bond acceptors (Lipinski definition) is 2. The fraction of sp³-hybridized carbons (Fsp3) is 0.250. The molecule has 0 radical (unpaired) electrons. The second-order valence-electron chi connectivity index (χ2n) is 5.18. The maximum atomic E-state index is 13.4. The summed E-state index contributed by atoms with van der Waals surface area (Å²) in [6.07, 6.45) is 2.31. The van der Waals surface area contributed by atoms with Crippen LogP contribution in [0.4, 0.5) is 9.18 Å². The number of urea groups is 1. The van der Waals surface area contributed by atoms with Gasteiger partial charge in [0.25, 0.3) is 0 Å². The van der Waals surface area contributed by atoms with Crippen LogP contribution >= 0.6 is 11.6 Å². The molecule has 0 unspecified atom stereocenters. The Bertz CT molecular complexity index is 693. The highest BCUT2D eigenvalue weighted by Crippen LogP contribution is 2.27. The molecule has 1 N–H and O–H groups in total. The monoisotopic (exact) mass is 319 g/mol. The van der Waals surface area contributed by atoms with Crippen molar-refractivity contribution < 1.29 is 9.18 Å². The third-order valence-electron chi connectivity index (χ3n) is 3.68. The maximum Gasteiger partial charge on any atom is 0.318 e. The number of rotatable bonds is 2. The Labute approximate surface area is 132 Å². The lowest BCUT2D eigenvalue weighted by molar-refractivity contribution is 0.191. The summed E-state index contributed by atoms with van der Waals surface area (Å²) in [5, 5.41) is 3.26. The minimum absolute atomic E-state index is 0.184. The van der Waals surface area contributed by atoms with Crippen molar-refractivity contribution in [2.45, 2.75) is 19.5 Å². The zero-order chi connectivity index (χ0) is 15.5. The lowest BCUT2D eigenvalue weighted by atomic mass is 10.00. The van der Waals surface area contributed by atoms with Crippen LogP contribution in [0.25, 0.3) is 0 Å². The molecule has 22 heavy (non-hydrogen) atoms. The highest BCUT2D eigenvalue weighted by atomic mass is 35.5. The number of halogens is 2. The van der Waals surface area contributed by atoms with Crippen LogP contribution in [0.1, 0.15) is 16.8 Å². The number of nitrogens with zero attached hydrogens (tertiary/aromatic N) is 2. The van der Waals surface area contributed by atoms with Crippen LogP contribution < -0.4 is 5.32 Å². The lowest BCUT2D eigenvalue weighted by Crippen LogP contribution is -2.42. The quantitative estimate of drug-likeness (QED) is 0.924. The molecule has 2 amide bonds. The largest absolute Gasteiger partial charge is 0.332 e. The Kier molecular flexibility index (Phi) is 4.24. The number of carbonyl (C=O) groups excluding carboxylic acids is 1. The number of carbonyl (C=O) groups is 1. The first kappa shape index (κ1) is 14.8. The molecule has 6 heteroatoms. The van der Waals surface area contributed by atoms with Crippen LogP contribution in [0, 0.1) is 5.82 Å². The summed E-state index contributed by atoms with van der Waals surface area (Å²) in [6.45, 7) is 1.29. The van der Waals surface area contributed by atoms with Gasteiger partial charge < -0.3 is 10.2 Å². The Hall–Kier alpha value is -2.14. The highest BCUT2D eigenvalue weighted by molar-refractivity contribution is 6.31. The number of pyridine rings is 1. The molecule has 0 saturated heterocycles. The average Bonchev–Trinajstić information content (AvgIpc) is 2.53. The fourth-order valence-corrected chi connectivity index (χ4v) is 2.88. The van der Waals surface area contributed by atoms with Crippen molar-refractivity contribution in [3.63, 3.8) is 0 Å². The smallest absolute Gasteiger partial charge is 0.318 e. The first-order chi connectivity index (χ1) is 10.6. The molecule has 0 aliphatic carbocycles. The summed E-state index contributed by atoms with van der Waals surface area (Å²) in [7, 11) is 0. The van der Waals surface area contributed by atoms with Gasteiger partial charge in [-0.1, -0.05) is 17.7 Å². The maximum absolute atomic E-state index is 13.4. The van der Waals surface area contributed by atoms with Crippen molar-refractivity contribution >= 4 is 17.6 Å². The van der Waals surface area contributed by atoms with E-state index in [1.807, 2.05) is 18.2 Å². The van der Waals surface area contributed by atoms with Gasteiger partial charge in [0.1, 0.15) is 5.82 Å². The highest BCUT2D eigenvalue weighted by Gasteiger charge is 2.22. The number of nitrogens with one attached hydrogen (secondary N) is 1. The van der Waals surface area contributed by atoms with E-state index in [1.165, 1.54) is 12.1 Å². The Morgan fingerprint density at radius 1 is 1.41 bits per heavy atom. The van der Waals surface area contributed by atoms with Gasteiger partial charge in [-0.15, -0.1) is 0 Å². The first-order valence-electron chi connectivity index (χ1n) is 7.03. The lowest BCUT2D eigenvalue weighted by Gasteiger charge is -2.29. The third-order valence-corrected chi connectivity index (χ3v) is 4.02. The van der Waals surface area contributed by atoms with Gasteiger partial charge in [0, 0.05) is 24.3 Å². The summed E-state index contributed by atoms with van der Waals surface area (Å²) in [5.41, 5.74) is 2.49. The molecule has 1 aromatic carbocycles. The predicted octanol–water partition coefficient (Wildman–Crippen LogP) is 3.14. The van der Waals surface area contributed by atoms with Crippen molar-refractivity contribution in [2.75, 3.05) is 6.54 Å². The van der Waals surface area contributed by atoms with Crippen molar-refractivity contribution in [3.8, 4) is 0 Å². The summed E-state index contributed by atoms with van der Waals surface area (Å²) in [6, 6.07) is 8.12. The standard InChI is InChI=1S/C16H15ClFN3O/c17-15-8-12(18)7-11-10-21(6-4-14(11)15)16(22)20-9-13-3-1-2-5-19-13/h1-3,5,7-8H,4,6,9-10H2,(H,20,22). The third kappa shape index (κ3) is 3.20. The number of aromatic nitrogens is 1. The zero-order valence-corrected chi connectivity index (χ0v) is 12.6. The molecule has 1 aliphatic heterocycles. The van der Waals surface area contributed by atoms with Gasteiger partial charge in [-0.2, -0.15) is 0 Å². The second kappa shape index (κ2) is 6.32. The summed E-state index contributed by atoms with van der Waals surface area (Å²) in [4.78, 5) is 18.0. The average molecular weight is 320 g/mol. The van der Waals surface area contributed by atoms with Crippen LogP contribution in [-0.2, 0) is 19.5 Å². The van der Waals surface area contributed by atoms with Gasteiger partial charge in [-0.3, -0.25) is 4.98 Å². The van der Waals surface area contributed by atoms with Crippen molar-refractivity contribution in [1.29, 1.82) is 0 Å². The Balaban J connectivity index is 1.65. The van der Waals surface area contributed by atoms with Gasteiger partial charge >= 0.3 is 6.03 Å². The van der Waals surface area contributed by atoms with Gasteiger partial charge in [0.2, 0.25) is 0 Å². The Morgan fingerprint density at radius 2 is 2.27 bits per heavy atom. The topological polar surface area (TPSA) is 45.2 Å². The van der Waals surface area contributed by atoms with E-state index in [-0.39, 0.29) is 11.8 Å². The number of amides is 2. The van der Waals surface area contributed by atoms with E-state index in [9.17, 15) is 9.18 Å². The number of hydrogen-bond donors (Lipinski definition) is 1. The van der Waals surface area contributed by atoms with E-state index >= 15 is 0 Å². The molecule has 4 nitrogen and oxygen atoms in total. The molecule has 0 saturated carbocycles. The van der Waals surface area contributed by atoms with Crippen molar-refractivity contribution in [2.24, 2.45) is 0 Å². The number of benzene rings is 1. The molecule has 114 valence electrons. The number of fused-ring (bicyclic) bond motifs is 1. The van der Waals surface area contributed by atoms with Gasteiger partial charge in [-0.25, -0.2) is 9.18 Å². The van der Waals surface area contributed by atoms with Gasteiger partial charge in [-0.05, 0) is 41.8 Å². The molecule has 1 aromatic heterocycles. The van der Waals surface area contributed by atoms with E-state index in [0.717, 1.165) is 16.8 Å². The van der Waals surface area contributed by atoms with Crippen LogP contribution in [-0.4, -0.2) is 22.5 Å². The van der Waals surface area contributed by atoms with E-state index in [4.69, 9.17) is 11.6 Å². The molecule has 0 spiro atoms. The van der Waals surface area contributed by atoms with E-state index < -0.39 is 0 Å². The van der Waals surface area contributed by atoms with E-state index in [1.54, 1.807) is 11.1 Å². The zero-order valence-electron chi connectivity index (χ0n) is 11.9. The van der Waals surface area contributed by atoms with Gasteiger partial charge in [0.15, 0.2) is 0 Å². The van der Waals surface area contributed by atoms with Crippen LogP contribution in [0.15, 0.2) is 36.5 Å².